The smallest absolute Gasteiger partial charge is 0.191 e. The molecule has 12 heavy (non-hydrogen) atoms. The summed E-state index contributed by atoms with van der Waals surface area (Å²) < 4.78 is 0. The van der Waals surface area contributed by atoms with Crippen LogP contribution in [0.3, 0.4) is 0 Å². The van der Waals surface area contributed by atoms with E-state index < -0.39 is 0 Å². The van der Waals surface area contributed by atoms with Crippen LogP contribution in [0.15, 0.2) is 0 Å². The number of nitrogens with zero attached hydrogens (tertiary/aromatic N) is 1. The van der Waals surface area contributed by atoms with Crippen molar-refractivity contribution in [3.63, 3.8) is 0 Å². The zero-order valence-electron chi connectivity index (χ0n) is 6.41. The SMILES string of the molecule is Nc1nc2c(s1)C(=O)[C@H](N)CC2. The van der Waals surface area contributed by atoms with Crippen LogP contribution in [0.1, 0.15) is 21.8 Å². The summed E-state index contributed by atoms with van der Waals surface area (Å²) in [6, 6.07) is -0.350. The molecule has 0 amide bonds. The molecule has 0 aromatic carbocycles. The lowest BCUT2D eigenvalue weighted by molar-refractivity contribution is 0.0952. The van der Waals surface area contributed by atoms with Crippen molar-refractivity contribution in [2.24, 2.45) is 5.73 Å². The van der Waals surface area contributed by atoms with Crippen LogP contribution in [0.2, 0.25) is 0 Å². The van der Waals surface area contributed by atoms with Gasteiger partial charge in [-0.2, -0.15) is 0 Å². The van der Waals surface area contributed by atoms with Crippen molar-refractivity contribution < 1.29 is 4.79 Å². The molecule has 0 fully saturated rings. The van der Waals surface area contributed by atoms with Gasteiger partial charge in [0.25, 0.3) is 0 Å². The fourth-order valence-electron chi connectivity index (χ4n) is 1.32. The third kappa shape index (κ3) is 1.02. The number of carbonyl (C=O) groups excluding carboxylic acids is 1. The van der Waals surface area contributed by atoms with Gasteiger partial charge in [-0.15, -0.1) is 0 Å². The first-order chi connectivity index (χ1) is 5.68. The number of thiazole rings is 1. The second kappa shape index (κ2) is 2.53. The Morgan fingerprint density at radius 3 is 3.08 bits per heavy atom. The normalized spacial score (nSPS) is 22.4. The Bertz CT molecular complexity index is 333. The molecule has 64 valence electrons. The Morgan fingerprint density at radius 2 is 2.33 bits per heavy atom. The number of aryl methyl sites for hydroxylation is 1. The molecular weight excluding hydrogens is 174 g/mol. The molecule has 0 radical (unpaired) electrons. The van der Waals surface area contributed by atoms with Gasteiger partial charge >= 0.3 is 0 Å². The quantitative estimate of drug-likeness (QED) is 0.601. The molecule has 0 saturated heterocycles. The summed E-state index contributed by atoms with van der Waals surface area (Å²) >= 11 is 1.24. The molecule has 2 rings (SSSR count). The molecule has 1 aliphatic rings. The van der Waals surface area contributed by atoms with Crippen LogP contribution < -0.4 is 11.5 Å². The molecule has 0 unspecified atom stereocenters. The summed E-state index contributed by atoms with van der Waals surface area (Å²) in [6.45, 7) is 0. The van der Waals surface area contributed by atoms with Crippen LogP contribution in [-0.2, 0) is 6.42 Å². The van der Waals surface area contributed by atoms with Crippen molar-refractivity contribution in [1.29, 1.82) is 0 Å². The van der Waals surface area contributed by atoms with E-state index in [9.17, 15) is 4.79 Å². The lowest BCUT2D eigenvalue weighted by atomic mass is 9.97. The summed E-state index contributed by atoms with van der Waals surface area (Å²) in [6.07, 6.45) is 1.46. The first-order valence-corrected chi connectivity index (χ1v) is 4.55. The molecule has 4 nitrogen and oxygen atoms in total. The van der Waals surface area contributed by atoms with Crippen LogP contribution in [0.4, 0.5) is 5.13 Å². The fraction of sp³-hybridized carbons (Fsp3) is 0.429. The molecule has 5 heteroatoms. The Kier molecular flexibility index (Phi) is 1.62. The van der Waals surface area contributed by atoms with Gasteiger partial charge in [-0.3, -0.25) is 4.79 Å². The zero-order chi connectivity index (χ0) is 8.72. The predicted molar refractivity (Wildman–Crippen MR) is 47.2 cm³/mol. The molecule has 1 aliphatic carbocycles. The van der Waals surface area contributed by atoms with Crippen molar-refractivity contribution >= 4 is 22.3 Å². The second-order valence-corrected chi connectivity index (χ2v) is 3.87. The van der Waals surface area contributed by atoms with Crippen molar-refractivity contribution in [2.75, 3.05) is 5.73 Å². The third-order valence-electron chi connectivity index (χ3n) is 1.97. The number of fused-ring (bicyclic) bond motifs is 1. The van der Waals surface area contributed by atoms with Gasteiger partial charge in [0.1, 0.15) is 0 Å². The van der Waals surface area contributed by atoms with Gasteiger partial charge < -0.3 is 11.5 Å². The molecule has 0 spiro atoms. The van der Waals surface area contributed by atoms with Crippen molar-refractivity contribution in [3.05, 3.63) is 10.6 Å². The van der Waals surface area contributed by atoms with Gasteiger partial charge in [-0.05, 0) is 12.8 Å². The highest BCUT2D eigenvalue weighted by atomic mass is 32.1. The van der Waals surface area contributed by atoms with E-state index in [1.54, 1.807) is 0 Å². The van der Waals surface area contributed by atoms with E-state index in [4.69, 9.17) is 11.5 Å². The minimum Gasteiger partial charge on any atom is -0.375 e. The van der Waals surface area contributed by atoms with E-state index in [1.807, 2.05) is 0 Å². The molecule has 1 aromatic rings. The molecule has 1 atom stereocenters. The van der Waals surface area contributed by atoms with E-state index in [1.165, 1.54) is 11.3 Å². The monoisotopic (exact) mass is 183 g/mol. The van der Waals surface area contributed by atoms with E-state index in [-0.39, 0.29) is 11.8 Å². The summed E-state index contributed by atoms with van der Waals surface area (Å²) in [4.78, 5) is 16.1. The van der Waals surface area contributed by atoms with Crippen molar-refractivity contribution in [3.8, 4) is 0 Å². The molecule has 1 heterocycles. The number of Topliss-reactive ketones (excluding diaryl/α,β-unsaturated/α-hetero) is 1. The topological polar surface area (TPSA) is 82.0 Å². The number of aromatic nitrogens is 1. The van der Waals surface area contributed by atoms with Crippen molar-refractivity contribution in [1.82, 2.24) is 4.98 Å². The summed E-state index contributed by atoms with van der Waals surface area (Å²) in [5.74, 6) is -0.00884. The van der Waals surface area contributed by atoms with E-state index in [2.05, 4.69) is 4.98 Å². The Hall–Kier alpha value is -0.940. The van der Waals surface area contributed by atoms with Crippen LogP contribution in [0.25, 0.3) is 0 Å². The van der Waals surface area contributed by atoms with Gasteiger partial charge in [0.15, 0.2) is 10.9 Å². The van der Waals surface area contributed by atoms with Gasteiger partial charge in [-0.1, -0.05) is 11.3 Å². The number of ketones is 1. The number of hydrogen-bond donors (Lipinski definition) is 2. The number of nitrogens with two attached hydrogens (primary N) is 2. The molecular formula is C7H9N3OS. The lowest BCUT2D eigenvalue weighted by Gasteiger charge is -2.14. The van der Waals surface area contributed by atoms with Gasteiger partial charge in [0.2, 0.25) is 0 Å². The van der Waals surface area contributed by atoms with Crippen LogP contribution in [-0.4, -0.2) is 16.8 Å². The highest BCUT2D eigenvalue weighted by Crippen LogP contribution is 2.27. The van der Waals surface area contributed by atoms with E-state index in [0.717, 1.165) is 12.1 Å². The second-order valence-electron chi connectivity index (χ2n) is 2.84. The minimum atomic E-state index is -0.350. The maximum atomic E-state index is 11.4. The first kappa shape index (κ1) is 7.70. The summed E-state index contributed by atoms with van der Waals surface area (Å²) in [5.41, 5.74) is 11.9. The number of nitrogen functional groups attached to an aromatic ring is 1. The summed E-state index contributed by atoms with van der Waals surface area (Å²) in [7, 11) is 0. The highest BCUT2D eigenvalue weighted by Gasteiger charge is 2.27. The Morgan fingerprint density at radius 1 is 1.58 bits per heavy atom. The lowest BCUT2D eigenvalue weighted by Crippen LogP contribution is -2.34. The van der Waals surface area contributed by atoms with E-state index >= 15 is 0 Å². The third-order valence-corrected chi connectivity index (χ3v) is 2.91. The Labute approximate surface area is 73.6 Å². The predicted octanol–water partition coefficient (Wildman–Crippen LogP) is 0.182. The average Bonchev–Trinajstić information content (AvgIpc) is 2.39. The number of carbonyl (C=O) groups is 1. The van der Waals surface area contributed by atoms with Crippen LogP contribution >= 0.6 is 11.3 Å². The largest absolute Gasteiger partial charge is 0.375 e. The number of anilines is 1. The maximum absolute atomic E-state index is 11.4. The molecule has 0 aliphatic heterocycles. The van der Waals surface area contributed by atoms with Crippen LogP contribution in [0, 0.1) is 0 Å². The standard InChI is InChI=1S/C7H9N3OS/c8-3-1-2-4-6(5(3)11)12-7(9)10-4/h3H,1-2,8H2,(H2,9,10)/t3-/m1/s1. The average molecular weight is 183 g/mol. The van der Waals surface area contributed by atoms with Gasteiger partial charge in [-0.25, -0.2) is 4.98 Å². The Balaban J connectivity index is 2.48. The summed E-state index contributed by atoms with van der Waals surface area (Å²) in [5, 5.41) is 0.461. The fourth-order valence-corrected chi connectivity index (χ4v) is 2.21. The van der Waals surface area contributed by atoms with Crippen molar-refractivity contribution in [2.45, 2.75) is 18.9 Å². The first-order valence-electron chi connectivity index (χ1n) is 3.73. The van der Waals surface area contributed by atoms with Crippen LogP contribution in [0.5, 0.6) is 0 Å². The zero-order valence-corrected chi connectivity index (χ0v) is 7.23. The number of rotatable bonds is 0. The highest BCUT2D eigenvalue weighted by molar-refractivity contribution is 7.17. The van der Waals surface area contributed by atoms with Gasteiger partial charge in [0, 0.05) is 0 Å². The van der Waals surface area contributed by atoms with E-state index in [0.29, 0.717) is 16.4 Å². The minimum absolute atomic E-state index is 0.00884. The molecule has 0 bridgehead atoms. The number of hydrogen-bond acceptors (Lipinski definition) is 5. The molecule has 1 aromatic heterocycles. The maximum Gasteiger partial charge on any atom is 0.191 e. The molecule has 4 N–H and O–H groups in total. The van der Waals surface area contributed by atoms with Gasteiger partial charge in [0.05, 0.1) is 16.6 Å². The molecule has 0 saturated carbocycles.